The Bertz CT molecular complexity index is 1450. The van der Waals surface area contributed by atoms with Crippen molar-refractivity contribution in [1.82, 2.24) is 24.6 Å². The van der Waals surface area contributed by atoms with Gasteiger partial charge in [-0.3, -0.25) is 9.89 Å². The van der Waals surface area contributed by atoms with Crippen LogP contribution in [0.2, 0.25) is 0 Å². The van der Waals surface area contributed by atoms with Crippen molar-refractivity contribution < 1.29 is 13.9 Å². The first kappa shape index (κ1) is 25.8. The number of ether oxygens (including phenoxy) is 1. The van der Waals surface area contributed by atoms with Crippen LogP contribution in [0.15, 0.2) is 53.3 Å². The van der Waals surface area contributed by atoms with Gasteiger partial charge in [-0.15, -0.1) is 0 Å². The maximum atomic E-state index is 13.6. The Morgan fingerprint density at radius 3 is 2.63 bits per heavy atom. The molecule has 200 valence electrons. The smallest absolute Gasteiger partial charge is 0.410 e. The van der Waals surface area contributed by atoms with Crippen LogP contribution in [0.3, 0.4) is 0 Å². The number of nitrogens with zero attached hydrogens (tertiary/aromatic N) is 3. The Labute approximate surface area is 220 Å². The molecule has 0 aliphatic carbocycles. The first-order chi connectivity index (χ1) is 18.2. The number of para-hydroxylation sites is 2. The molecule has 1 aliphatic rings. The maximum Gasteiger partial charge on any atom is 0.410 e. The maximum absolute atomic E-state index is 13.6. The summed E-state index contributed by atoms with van der Waals surface area (Å²) < 4.78 is 20.5. The molecule has 5 rings (SSSR count). The standard InChI is InChI=1S/C29H34FN5O3/c1-29(2,3)38-28(37)34-16-6-7-20(18-34)17-25-22(15-12-19-10-13-21(30)14-11-19)26(36)35(33-25)27-31-23-8-4-5-9-24(23)32-27/h4-5,8-11,13-14,20,33H,6-7,12,15-18H2,1-3H3,(H,31,32). The SMILES string of the molecule is CC(C)(C)OC(=O)N1CCCC(Cc2[nH]n(-c3nc4ccccc4[nH]3)c(=O)c2CCc2ccc(F)cc2)C1. The van der Waals surface area contributed by atoms with E-state index in [1.54, 1.807) is 17.0 Å². The van der Waals surface area contributed by atoms with E-state index >= 15 is 0 Å². The molecule has 1 amide bonds. The van der Waals surface area contributed by atoms with Crippen molar-refractivity contribution in [3.05, 3.63) is 81.5 Å². The molecule has 2 aromatic carbocycles. The summed E-state index contributed by atoms with van der Waals surface area (Å²) in [4.78, 5) is 35.9. The summed E-state index contributed by atoms with van der Waals surface area (Å²) >= 11 is 0. The number of fused-ring (bicyclic) bond motifs is 1. The van der Waals surface area contributed by atoms with Crippen molar-refractivity contribution in [2.45, 2.75) is 58.5 Å². The van der Waals surface area contributed by atoms with E-state index in [1.165, 1.54) is 16.8 Å². The number of imidazole rings is 1. The van der Waals surface area contributed by atoms with Crippen LogP contribution in [-0.2, 0) is 24.0 Å². The molecule has 1 fully saturated rings. The van der Waals surface area contributed by atoms with Crippen LogP contribution >= 0.6 is 0 Å². The summed E-state index contributed by atoms with van der Waals surface area (Å²) in [6, 6.07) is 14.0. The van der Waals surface area contributed by atoms with Gasteiger partial charge in [0.2, 0.25) is 5.95 Å². The van der Waals surface area contributed by atoms with Crippen molar-refractivity contribution in [2.24, 2.45) is 5.92 Å². The summed E-state index contributed by atoms with van der Waals surface area (Å²) in [7, 11) is 0. The number of carbonyl (C=O) groups is 1. The fraction of sp³-hybridized carbons (Fsp3) is 0.414. The summed E-state index contributed by atoms with van der Waals surface area (Å²) in [5.41, 5.74) is 3.41. The van der Waals surface area contributed by atoms with E-state index in [-0.39, 0.29) is 23.4 Å². The van der Waals surface area contributed by atoms with E-state index in [0.717, 1.165) is 35.1 Å². The van der Waals surface area contributed by atoms with Crippen LogP contribution in [0.1, 0.15) is 50.4 Å². The fourth-order valence-electron chi connectivity index (χ4n) is 5.07. The van der Waals surface area contributed by atoms with E-state index in [4.69, 9.17) is 4.74 Å². The highest BCUT2D eigenvalue weighted by Crippen LogP contribution is 2.24. The average molecular weight is 520 g/mol. The Kier molecular flexibility index (Phi) is 7.10. The number of aromatic nitrogens is 4. The number of hydrogen-bond donors (Lipinski definition) is 2. The molecule has 1 saturated heterocycles. The second kappa shape index (κ2) is 10.5. The zero-order valence-corrected chi connectivity index (χ0v) is 22.1. The minimum absolute atomic E-state index is 0.152. The molecule has 3 heterocycles. The Morgan fingerprint density at radius 1 is 1.13 bits per heavy atom. The Balaban J connectivity index is 1.42. The van der Waals surface area contributed by atoms with Gasteiger partial charge in [-0.1, -0.05) is 24.3 Å². The number of rotatable bonds is 6. The lowest BCUT2D eigenvalue weighted by Gasteiger charge is -2.34. The van der Waals surface area contributed by atoms with E-state index in [2.05, 4.69) is 15.1 Å². The van der Waals surface area contributed by atoms with Gasteiger partial charge in [0.15, 0.2) is 0 Å². The third-order valence-electron chi connectivity index (χ3n) is 6.90. The molecular formula is C29H34FN5O3. The Hall–Kier alpha value is -3.88. The van der Waals surface area contributed by atoms with Crippen LogP contribution in [0.5, 0.6) is 0 Å². The molecule has 0 radical (unpaired) electrons. The zero-order chi connectivity index (χ0) is 26.9. The molecule has 4 aromatic rings. The second-order valence-corrected chi connectivity index (χ2v) is 11.1. The number of likely N-dealkylation sites (tertiary alicyclic amines) is 1. The summed E-state index contributed by atoms with van der Waals surface area (Å²) in [6.45, 7) is 6.84. The largest absolute Gasteiger partial charge is 0.444 e. The molecule has 1 unspecified atom stereocenters. The van der Waals surface area contributed by atoms with Crippen LogP contribution in [-0.4, -0.2) is 49.4 Å². The van der Waals surface area contributed by atoms with Gasteiger partial charge >= 0.3 is 6.09 Å². The molecule has 0 spiro atoms. The molecule has 38 heavy (non-hydrogen) atoms. The summed E-state index contributed by atoms with van der Waals surface area (Å²) in [6.07, 6.45) is 3.27. The molecule has 2 aromatic heterocycles. The van der Waals surface area contributed by atoms with Gasteiger partial charge in [-0.05, 0) is 88.6 Å². The van der Waals surface area contributed by atoms with Gasteiger partial charge in [0.05, 0.1) is 11.0 Å². The van der Waals surface area contributed by atoms with Gasteiger partial charge in [0.25, 0.3) is 5.56 Å². The predicted molar refractivity (Wildman–Crippen MR) is 144 cm³/mol. The molecule has 1 aliphatic heterocycles. The van der Waals surface area contributed by atoms with E-state index in [9.17, 15) is 14.0 Å². The average Bonchev–Trinajstić information content (AvgIpc) is 3.43. The predicted octanol–water partition coefficient (Wildman–Crippen LogP) is 5.16. The monoisotopic (exact) mass is 519 g/mol. The highest BCUT2D eigenvalue weighted by atomic mass is 19.1. The third-order valence-corrected chi connectivity index (χ3v) is 6.90. The first-order valence-electron chi connectivity index (χ1n) is 13.2. The molecule has 1 atom stereocenters. The van der Waals surface area contributed by atoms with Crippen molar-refractivity contribution in [3.63, 3.8) is 0 Å². The molecule has 8 nitrogen and oxygen atoms in total. The highest BCUT2D eigenvalue weighted by molar-refractivity contribution is 5.75. The lowest BCUT2D eigenvalue weighted by Crippen LogP contribution is -2.43. The third kappa shape index (κ3) is 5.82. The van der Waals surface area contributed by atoms with Gasteiger partial charge in [0, 0.05) is 24.3 Å². The minimum Gasteiger partial charge on any atom is -0.444 e. The fourth-order valence-corrected chi connectivity index (χ4v) is 5.07. The minimum atomic E-state index is -0.549. The van der Waals surface area contributed by atoms with Crippen molar-refractivity contribution >= 4 is 17.1 Å². The van der Waals surface area contributed by atoms with Crippen LogP contribution in [0, 0.1) is 11.7 Å². The van der Waals surface area contributed by atoms with Gasteiger partial charge < -0.3 is 14.6 Å². The zero-order valence-electron chi connectivity index (χ0n) is 22.1. The topological polar surface area (TPSA) is 96.0 Å². The Morgan fingerprint density at radius 2 is 1.89 bits per heavy atom. The normalized spacial score (nSPS) is 16.2. The number of piperidine rings is 1. The van der Waals surface area contributed by atoms with Crippen molar-refractivity contribution in [2.75, 3.05) is 13.1 Å². The number of nitrogens with one attached hydrogen (secondary N) is 2. The number of aryl methyl sites for hydroxylation is 1. The first-order valence-corrected chi connectivity index (χ1v) is 13.2. The van der Waals surface area contributed by atoms with Gasteiger partial charge in [-0.2, -0.15) is 4.68 Å². The molecule has 9 heteroatoms. The summed E-state index contributed by atoms with van der Waals surface area (Å²) in [5.74, 6) is 0.336. The van der Waals surface area contributed by atoms with Gasteiger partial charge in [-0.25, -0.2) is 14.2 Å². The van der Waals surface area contributed by atoms with E-state index in [0.29, 0.717) is 43.9 Å². The molecule has 0 saturated carbocycles. The van der Waals surface area contributed by atoms with Crippen LogP contribution in [0.25, 0.3) is 17.0 Å². The van der Waals surface area contributed by atoms with E-state index < -0.39 is 5.60 Å². The number of H-pyrrole nitrogens is 2. The number of halogens is 1. The number of hydrogen-bond acceptors (Lipinski definition) is 4. The lowest BCUT2D eigenvalue weighted by atomic mass is 9.91. The lowest BCUT2D eigenvalue weighted by molar-refractivity contribution is 0.0165. The van der Waals surface area contributed by atoms with Crippen molar-refractivity contribution in [3.8, 4) is 5.95 Å². The highest BCUT2D eigenvalue weighted by Gasteiger charge is 2.29. The van der Waals surface area contributed by atoms with Crippen LogP contribution in [0.4, 0.5) is 9.18 Å². The van der Waals surface area contributed by atoms with Crippen molar-refractivity contribution in [1.29, 1.82) is 0 Å². The number of carbonyl (C=O) groups excluding carboxylic acids is 1. The number of amides is 1. The summed E-state index contributed by atoms with van der Waals surface area (Å²) in [5, 5.41) is 3.32. The van der Waals surface area contributed by atoms with E-state index in [1.807, 2.05) is 45.0 Å². The second-order valence-electron chi connectivity index (χ2n) is 11.1. The molecule has 0 bridgehead atoms. The quantitative estimate of drug-likeness (QED) is 0.368. The van der Waals surface area contributed by atoms with Crippen LogP contribution < -0.4 is 5.56 Å². The number of aromatic amines is 2. The number of benzene rings is 2. The molecule has 2 N–H and O–H groups in total. The van der Waals surface area contributed by atoms with Gasteiger partial charge in [0.1, 0.15) is 11.4 Å². The molecular weight excluding hydrogens is 485 g/mol.